The molecular formula is C22H31NO2. The summed E-state index contributed by atoms with van der Waals surface area (Å²) >= 11 is 0. The number of ether oxygens (including phenoxy) is 2. The van der Waals surface area contributed by atoms with Crippen molar-refractivity contribution in [2.75, 3.05) is 0 Å². The first kappa shape index (κ1) is 19.3. The number of pyridine rings is 1. The molecule has 0 aliphatic heterocycles. The van der Waals surface area contributed by atoms with Crippen LogP contribution in [0.25, 0.3) is 0 Å². The van der Waals surface area contributed by atoms with E-state index in [2.05, 4.69) is 58.7 Å². The molecule has 1 aromatic carbocycles. The minimum atomic E-state index is 0.225. The molecule has 2 aromatic rings. The normalized spacial score (nSPS) is 11.0. The number of benzene rings is 1. The van der Waals surface area contributed by atoms with Crippen LogP contribution < -0.4 is 9.47 Å². The Morgan fingerprint density at radius 2 is 1.52 bits per heavy atom. The summed E-state index contributed by atoms with van der Waals surface area (Å²) in [7, 11) is 0. The summed E-state index contributed by atoms with van der Waals surface area (Å²) in [4.78, 5) is 4.66. The number of aromatic nitrogens is 1. The van der Waals surface area contributed by atoms with Crippen molar-refractivity contribution in [2.24, 2.45) is 0 Å². The molecule has 0 unspecified atom stereocenters. The number of rotatable bonds is 7. The third-order valence-electron chi connectivity index (χ3n) is 4.53. The van der Waals surface area contributed by atoms with Gasteiger partial charge in [0.25, 0.3) is 0 Å². The topological polar surface area (TPSA) is 31.4 Å². The van der Waals surface area contributed by atoms with Crippen LogP contribution in [0.4, 0.5) is 0 Å². The van der Waals surface area contributed by atoms with Gasteiger partial charge in [0.2, 0.25) is 5.88 Å². The van der Waals surface area contributed by atoms with Crippen LogP contribution in [-0.4, -0.2) is 11.1 Å². The van der Waals surface area contributed by atoms with Crippen molar-refractivity contribution in [3.63, 3.8) is 0 Å². The van der Waals surface area contributed by atoms with Crippen LogP contribution in [0.2, 0.25) is 0 Å². The molecule has 136 valence electrons. The van der Waals surface area contributed by atoms with Crippen LogP contribution in [-0.2, 0) is 6.42 Å². The molecule has 0 saturated carbocycles. The van der Waals surface area contributed by atoms with Crippen LogP contribution in [0.3, 0.4) is 0 Å². The monoisotopic (exact) mass is 341 g/mol. The third-order valence-corrected chi connectivity index (χ3v) is 4.53. The van der Waals surface area contributed by atoms with Gasteiger partial charge >= 0.3 is 0 Å². The molecule has 3 heteroatoms. The molecule has 0 N–H and O–H groups in total. The molecule has 3 nitrogen and oxygen atoms in total. The fourth-order valence-corrected chi connectivity index (χ4v) is 3.22. The Balaban J connectivity index is 2.46. The van der Waals surface area contributed by atoms with Gasteiger partial charge in [-0.2, -0.15) is 0 Å². The van der Waals surface area contributed by atoms with Gasteiger partial charge in [-0.05, 0) is 58.1 Å². The van der Waals surface area contributed by atoms with E-state index < -0.39 is 0 Å². The van der Waals surface area contributed by atoms with Gasteiger partial charge in [-0.25, -0.2) is 4.98 Å². The average molecular weight is 341 g/mol. The summed E-state index contributed by atoms with van der Waals surface area (Å²) in [5.41, 5.74) is 5.45. The van der Waals surface area contributed by atoms with Crippen molar-refractivity contribution < 1.29 is 9.47 Å². The van der Waals surface area contributed by atoms with E-state index in [1.54, 1.807) is 0 Å². The first-order chi connectivity index (χ1) is 11.9. The van der Waals surface area contributed by atoms with E-state index in [-0.39, 0.29) is 6.10 Å². The third kappa shape index (κ3) is 4.53. The van der Waals surface area contributed by atoms with Gasteiger partial charge in [0.05, 0.1) is 11.7 Å². The Morgan fingerprint density at radius 1 is 0.920 bits per heavy atom. The highest BCUT2D eigenvalue weighted by atomic mass is 16.5. The fraction of sp³-hybridized carbons (Fsp3) is 0.500. The molecule has 0 radical (unpaired) electrons. The van der Waals surface area contributed by atoms with E-state index in [0.717, 1.165) is 53.1 Å². The zero-order chi connectivity index (χ0) is 18.6. The van der Waals surface area contributed by atoms with Crippen molar-refractivity contribution in [3.8, 4) is 17.4 Å². The Hall–Kier alpha value is -2.03. The smallest absolute Gasteiger partial charge is 0.226 e. The molecular weight excluding hydrogens is 310 g/mol. The number of aryl methyl sites for hydroxylation is 4. The summed E-state index contributed by atoms with van der Waals surface area (Å²) in [6, 6.07) is 6.32. The van der Waals surface area contributed by atoms with Crippen LogP contribution in [0.5, 0.6) is 17.4 Å². The predicted octanol–water partition coefficient (Wildman–Crippen LogP) is 6.24. The molecule has 0 bridgehead atoms. The summed E-state index contributed by atoms with van der Waals surface area (Å²) in [6.07, 6.45) is 3.03. The maximum Gasteiger partial charge on any atom is 0.226 e. The maximum absolute atomic E-state index is 6.30. The molecule has 0 aliphatic rings. The highest BCUT2D eigenvalue weighted by molar-refractivity contribution is 5.48. The molecule has 1 aromatic heterocycles. The van der Waals surface area contributed by atoms with E-state index in [9.17, 15) is 0 Å². The van der Waals surface area contributed by atoms with E-state index >= 15 is 0 Å². The van der Waals surface area contributed by atoms with Gasteiger partial charge in [-0.3, -0.25) is 0 Å². The quantitative estimate of drug-likeness (QED) is 0.597. The van der Waals surface area contributed by atoms with E-state index in [4.69, 9.17) is 9.47 Å². The molecule has 0 spiro atoms. The van der Waals surface area contributed by atoms with E-state index in [1.807, 2.05) is 13.0 Å². The minimum absolute atomic E-state index is 0.225. The van der Waals surface area contributed by atoms with Crippen molar-refractivity contribution in [1.82, 2.24) is 4.98 Å². The Kier molecular flexibility index (Phi) is 6.46. The second-order valence-corrected chi connectivity index (χ2v) is 6.79. The largest absolute Gasteiger partial charge is 0.490 e. The predicted molar refractivity (Wildman–Crippen MR) is 104 cm³/mol. The van der Waals surface area contributed by atoms with Crippen molar-refractivity contribution in [2.45, 2.75) is 73.8 Å². The molecule has 1 heterocycles. The lowest BCUT2D eigenvalue weighted by atomic mass is 10.1. The fourth-order valence-electron chi connectivity index (χ4n) is 3.22. The summed E-state index contributed by atoms with van der Waals surface area (Å²) in [5.74, 6) is 2.46. The first-order valence-electron chi connectivity index (χ1n) is 9.32. The van der Waals surface area contributed by atoms with Gasteiger partial charge in [-0.15, -0.1) is 0 Å². The van der Waals surface area contributed by atoms with Gasteiger partial charge in [0.1, 0.15) is 11.5 Å². The molecule has 25 heavy (non-hydrogen) atoms. The SMILES string of the molecule is CCc1c(OC(CC)CC)cc(C)nc1Oc1c(C)cc(C)cc1C. The van der Waals surface area contributed by atoms with E-state index in [0.29, 0.717) is 5.88 Å². The summed E-state index contributed by atoms with van der Waals surface area (Å²) < 4.78 is 12.5. The highest BCUT2D eigenvalue weighted by Gasteiger charge is 2.17. The Morgan fingerprint density at radius 3 is 2.04 bits per heavy atom. The van der Waals surface area contributed by atoms with Gasteiger partial charge in [0.15, 0.2) is 0 Å². The lowest BCUT2D eigenvalue weighted by molar-refractivity contribution is 0.190. The average Bonchev–Trinajstić information content (AvgIpc) is 2.55. The first-order valence-corrected chi connectivity index (χ1v) is 9.32. The molecule has 0 amide bonds. The molecule has 0 atom stereocenters. The summed E-state index contributed by atoms with van der Waals surface area (Å²) in [5, 5.41) is 0. The van der Waals surface area contributed by atoms with Crippen molar-refractivity contribution >= 4 is 0 Å². The van der Waals surface area contributed by atoms with Gasteiger partial charge in [0, 0.05) is 11.8 Å². The number of hydrogen-bond acceptors (Lipinski definition) is 3. The van der Waals surface area contributed by atoms with Crippen molar-refractivity contribution in [1.29, 1.82) is 0 Å². The Labute approximate surface area is 152 Å². The van der Waals surface area contributed by atoms with Crippen LogP contribution >= 0.6 is 0 Å². The maximum atomic E-state index is 6.30. The zero-order valence-corrected chi connectivity index (χ0v) is 16.7. The Bertz CT molecular complexity index is 710. The van der Waals surface area contributed by atoms with E-state index in [1.165, 1.54) is 5.56 Å². The molecule has 0 saturated heterocycles. The highest BCUT2D eigenvalue weighted by Crippen LogP contribution is 2.35. The summed E-state index contributed by atoms with van der Waals surface area (Å²) in [6.45, 7) is 14.7. The van der Waals surface area contributed by atoms with Crippen molar-refractivity contribution in [3.05, 3.63) is 46.1 Å². The van der Waals surface area contributed by atoms with Crippen LogP contribution in [0, 0.1) is 27.7 Å². The van der Waals surface area contributed by atoms with Crippen LogP contribution in [0.15, 0.2) is 18.2 Å². The molecule has 0 fully saturated rings. The lowest BCUT2D eigenvalue weighted by Gasteiger charge is -2.21. The van der Waals surface area contributed by atoms with Gasteiger partial charge in [-0.1, -0.05) is 38.5 Å². The number of nitrogens with zero attached hydrogens (tertiary/aromatic N) is 1. The lowest BCUT2D eigenvalue weighted by Crippen LogP contribution is -2.15. The number of hydrogen-bond donors (Lipinski definition) is 0. The standard InChI is InChI=1S/C22H31NO2/c1-8-18(9-2)24-20-13-17(7)23-22(19(20)10-3)25-21-15(5)11-14(4)12-16(21)6/h11-13,18H,8-10H2,1-7H3. The molecule has 0 aliphatic carbocycles. The zero-order valence-electron chi connectivity index (χ0n) is 16.7. The van der Waals surface area contributed by atoms with Crippen LogP contribution in [0.1, 0.15) is 61.6 Å². The van der Waals surface area contributed by atoms with Gasteiger partial charge < -0.3 is 9.47 Å². The minimum Gasteiger partial charge on any atom is -0.490 e. The second kappa shape index (κ2) is 8.37. The second-order valence-electron chi connectivity index (χ2n) is 6.79. The molecule has 2 rings (SSSR count).